The molecule has 0 saturated carbocycles. The molecule has 7 heteroatoms. The van der Waals surface area contributed by atoms with Crippen LogP contribution < -0.4 is 15.5 Å². The van der Waals surface area contributed by atoms with Crippen LogP contribution in [0.15, 0.2) is 46.8 Å². The smallest absolute Gasteiger partial charge is 0.191 e. The lowest BCUT2D eigenvalue weighted by Crippen LogP contribution is -2.47. The summed E-state index contributed by atoms with van der Waals surface area (Å²) in [6.07, 6.45) is 2.33. The average Bonchev–Trinajstić information content (AvgIpc) is 3.37. The van der Waals surface area contributed by atoms with E-state index in [1.807, 2.05) is 18.4 Å². The highest BCUT2D eigenvalue weighted by Crippen LogP contribution is 2.23. The summed E-state index contributed by atoms with van der Waals surface area (Å²) < 4.78 is 0. The summed E-state index contributed by atoms with van der Waals surface area (Å²) in [6, 6.07) is 13.4. The Kier molecular flexibility index (Phi) is 7.99. The fourth-order valence-corrected chi connectivity index (χ4v) is 4.86. The summed E-state index contributed by atoms with van der Waals surface area (Å²) in [4.78, 5) is 11.0. The minimum absolute atomic E-state index is 0. The lowest BCUT2D eigenvalue weighted by Gasteiger charge is -2.27. The summed E-state index contributed by atoms with van der Waals surface area (Å²) in [5.41, 5.74) is 2.82. The number of anilines is 1. The van der Waals surface area contributed by atoms with Gasteiger partial charge in [0.15, 0.2) is 5.96 Å². The van der Waals surface area contributed by atoms with Crippen LogP contribution in [0.4, 0.5) is 5.69 Å². The zero-order chi connectivity index (χ0) is 18.5. The van der Waals surface area contributed by atoms with E-state index in [9.17, 15) is 0 Å². The molecule has 1 atom stereocenters. The van der Waals surface area contributed by atoms with E-state index in [0.29, 0.717) is 6.04 Å². The van der Waals surface area contributed by atoms with E-state index in [0.717, 1.165) is 51.6 Å². The van der Waals surface area contributed by atoms with Crippen molar-refractivity contribution in [2.75, 3.05) is 44.7 Å². The number of thiophene rings is 1. The number of benzene rings is 1. The molecule has 0 bridgehead atoms. The van der Waals surface area contributed by atoms with Crippen molar-refractivity contribution in [2.45, 2.75) is 25.4 Å². The summed E-state index contributed by atoms with van der Waals surface area (Å²) in [7, 11) is 1.86. The third-order valence-electron chi connectivity index (χ3n) is 5.48. The van der Waals surface area contributed by atoms with E-state index >= 15 is 0 Å². The molecule has 1 saturated heterocycles. The Labute approximate surface area is 189 Å². The van der Waals surface area contributed by atoms with Gasteiger partial charge < -0.3 is 15.5 Å². The summed E-state index contributed by atoms with van der Waals surface area (Å²) >= 11 is 1.90. The van der Waals surface area contributed by atoms with Crippen LogP contribution in [0.2, 0.25) is 0 Å². The fourth-order valence-electron chi connectivity index (χ4n) is 3.97. The van der Waals surface area contributed by atoms with Crippen molar-refractivity contribution in [3.05, 3.63) is 52.2 Å². The molecule has 2 N–H and O–H groups in total. The Hall–Kier alpha value is -1.32. The molecular weight excluding hydrogens is 481 g/mol. The van der Waals surface area contributed by atoms with Crippen molar-refractivity contribution in [1.82, 2.24) is 15.5 Å². The molecule has 1 aromatic heterocycles. The Morgan fingerprint density at radius 1 is 1.21 bits per heavy atom. The van der Waals surface area contributed by atoms with Crippen LogP contribution in [0.3, 0.4) is 0 Å². The van der Waals surface area contributed by atoms with Gasteiger partial charge in [-0.3, -0.25) is 9.89 Å². The molecule has 2 aromatic rings. The molecule has 0 radical (unpaired) electrons. The van der Waals surface area contributed by atoms with Crippen molar-refractivity contribution in [2.24, 2.45) is 4.99 Å². The van der Waals surface area contributed by atoms with Gasteiger partial charge in [0, 0.05) is 62.9 Å². The first-order valence-corrected chi connectivity index (χ1v) is 10.7. The van der Waals surface area contributed by atoms with Gasteiger partial charge >= 0.3 is 0 Å². The van der Waals surface area contributed by atoms with Crippen LogP contribution >= 0.6 is 35.3 Å². The summed E-state index contributed by atoms with van der Waals surface area (Å²) in [6.45, 7) is 6.34. The second kappa shape index (κ2) is 10.5. The van der Waals surface area contributed by atoms with Crippen molar-refractivity contribution in [1.29, 1.82) is 0 Å². The van der Waals surface area contributed by atoms with Gasteiger partial charge in [-0.1, -0.05) is 18.2 Å². The molecule has 0 aliphatic carbocycles. The van der Waals surface area contributed by atoms with Gasteiger partial charge in [-0.15, -0.1) is 35.3 Å². The standard InChI is InChI=1S/C21H29N5S.HI/c1-22-21(23-10-13-25-11-8-20-17(15-25)9-14-27-20)24-18-7-12-26(16-18)19-5-3-2-4-6-19;/h2-6,9,14,18H,7-8,10-13,15-16H2,1H3,(H2,22,23,24);1H. The van der Waals surface area contributed by atoms with E-state index in [1.54, 1.807) is 4.88 Å². The lowest BCUT2D eigenvalue weighted by atomic mass is 10.1. The minimum Gasteiger partial charge on any atom is -0.369 e. The van der Waals surface area contributed by atoms with Gasteiger partial charge in [0.25, 0.3) is 0 Å². The second-order valence-corrected chi connectivity index (χ2v) is 8.31. The lowest BCUT2D eigenvalue weighted by molar-refractivity contribution is 0.260. The average molecular weight is 511 g/mol. The SMILES string of the molecule is CN=C(NCCN1CCc2sccc2C1)NC1CCN(c2ccccc2)C1.I. The Morgan fingerprint density at radius 3 is 2.89 bits per heavy atom. The largest absolute Gasteiger partial charge is 0.369 e. The number of hydrogen-bond acceptors (Lipinski definition) is 4. The Balaban J connectivity index is 0.00000225. The Bertz CT molecular complexity index is 763. The molecular formula is C21H30IN5S. The number of nitrogens with one attached hydrogen (secondary N) is 2. The molecule has 5 nitrogen and oxygen atoms in total. The van der Waals surface area contributed by atoms with Crippen LogP contribution in [0, 0.1) is 0 Å². The molecule has 0 spiro atoms. The van der Waals surface area contributed by atoms with E-state index in [-0.39, 0.29) is 24.0 Å². The van der Waals surface area contributed by atoms with Gasteiger partial charge in [-0.05, 0) is 42.0 Å². The fraction of sp³-hybridized carbons (Fsp3) is 0.476. The molecule has 0 amide bonds. The molecule has 28 heavy (non-hydrogen) atoms. The van der Waals surface area contributed by atoms with Crippen LogP contribution in [-0.2, 0) is 13.0 Å². The number of rotatable bonds is 5. The van der Waals surface area contributed by atoms with Gasteiger partial charge in [0.2, 0.25) is 0 Å². The maximum atomic E-state index is 4.42. The van der Waals surface area contributed by atoms with E-state index in [2.05, 4.69) is 67.2 Å². The van der Waals surface area contributed by atoms with Crippen LogP contribution in [0.25, 0.3) is 0 Å². The van der Waals surface area contributed by atoms with Crippen molar-refractivity contribution >= 4 is 47.0 Å². The summed E-state index contributed by atoms with van der Waals surface area (Å²) in [5.74, 6) is 0.920. The number of fused-ring (bicyclic) bond motifs is 1. The number of guanidine groups is 1. The first-order valence-electron chi connectivity index (χ1n) is 9.86. The number of para-hydroxylation sites is 1. The zero-order valence-corrected chi connectivity index (χ0v) is 19.6. The molecule has 1 aromatic carbocycles. The maximum Gasteiger partial charge on any atom is 0.191 e. The molecule has 1 unspecified atom stereocenters. The monoisotopic (exact) mass is 511 g/mol. The van der Waals surface area contributed by atoms with Gasteiger partial charge in [0.1, 0.15) is 0 Å². The van der Waals surface area contributed by atoms with Gasteiger partial charge in [0.05, 0.1) is 0 Å². The first kappa shape index (κ1) is 21.4. The molecule has 152 valence electrons. The van der Waals surface area contributed by atoms with Gasteiger partial charge in [-0.2, -0.15) is 0 Å². The third-order valence-corrected chi connectivity index (χ3v) is 6.50. The highest BCUT2D eigenvalue weighted by molar-refractivity contribution is 14.0. The van der Waals surface area contributed by atoms with Crippen molar-refractivity contribution < 1.29 is 0 Å². The number of nitrogens with zero attached hydrogens (tertiary/aromatic N) is 3. The maximum absolute atomic E-state index is 4.42. The number of halogens is 1. The Morgan fingerprint density at radius 2 is 2.07 bits per heavy atom. The molecule has 4 rings (SSSR count). The number of hydrogen-bond donors (Lipinski definition) is 2. The predicted molar refractivity (Wildman–Crippen MR) is 130 cm³/mol. The van der Waals surface area contributed by atoms with E-state index in [4.69, 9.17) is 0 Å². The topological polar surface area (TPSA) is 42.9 Å². The van der Waals surface area contributed by atoms with E-state index in [1.165, 1.54) is 17.7 Å². The third kappa shape index (κ3) is 5.39. The first-order chi connectivity index (χ1) is 13.3. The molecule has 2 aliphatic rings. The quantitative estimate of drug-likeness (QED) is 0.368. The zero-order valence-electron chi connectivity index (χ0n) is 16.4. The predicted octanol–water partition coefficient (Wildman–Crippen LogP) is 3.17. The highest BCUT2D eigenvalue weighted by atomic mass is 127. The van der Waals surface area contributed by atoms with Crippen molar-refractivity contribution in [3.63, 3.8) is 0 Å². The second-order valence-electron chi connectivity index (χ2n) is 7.31. The normalized spacial score (nSPS) is 19.8. The molecule has 1 fully saturated rings. The summed E-state index contributed by atoms with van der Waals surface area (Å²) in [5, 5.41) is 9.31. The van der Waals surface area contributed by atoms with Gasteiger partial charge in [-0.25, -0.2) is 0 Å². The minimum atomic E-state index is 0. The van der Waals surface area contributed by atoms with E-state index < -0.39 is 0 Å². The van der Waals surface area contributed by atoms with Crippen LogP contribution in [0.1, 0.15) is 16.9 Å². The van der Waals surface area contributed by atoms with Crippen LogP contribution in [-0.4, -0.2) is 56.7 Å². The molecule has 2 aliphatic heterocycles. The van der Waals surface area contributed by atoms with Crippen molar-refractivity contribution in [3.8, 4) is 0 Å². The van der Waals surface area contributed by atoms with Crippen LogP contribution in [0.5, 0.6) is 0 Å². The highest BCUT2D eigenvalue weighted by Gasteiger charge is 2.23. The number of aliphatic imine (C=N–C) groups is 1. The molecule has 3 heterocycles.